The van der Waals surface area contributed by atoms with E-state index < -0.39 is 0 Å². The summed E-state index contributed by atoms with van der Waals surface area (Å²) in [5.74, 6) is 0.114. The molecule has 1 aromatic heterocycles. The first kappa shape index (κ1) is 9.76. The first-order chi connectivity index (χ1) is 7.18. The Balaban J connectivity index is 2.07. The third-order valence-electron chi connectivity index (χ3n) is 2.55. The fourth-order valence-electron chi connectivity index (χ4n) is 1.73. The van der Waals surface area contributed by atoms with Gasteiger partial charge in [-0.25, -0.2) is 0 Å². The lowest BCUT2D eigenvalue weighted by atomic mass is 10.2. The minimum absolute atomic E-state index is 0.146. The number of anilines is 1. The number of H-pyrrole nitrogens is 1. The fourth-order valence-corrected chi connectivity index (χ4v) is 1.73. The lowest BCUT2D eigenvalue weighted by molar-refractivity contribution is 0.0939. The zero-order valence-electron chi connectivity index (χ0n) is 8.58. The molecule has 0 aliphatic heterocycles. The van der Waals surface area contributed by atoms with Crippen LogP contribution < -0.4 is 11.1 Å². The van der Waals surface area contributed by atoms with Crippen LogP contribution in [-0.2, 0) is 0 Å². The van der Waals surface area contributed by atoms with Crippen molar-refractivity contribution >= 4 is 11.7 Å². The van der Waals surface area contributed by atoms with Crippen LogP contribution in [0.5, 0.6) is 0 Å². The molecule has 0 saturated heterocycles. The molecule has 1 heterocycles. The van der Waals surface area contributed by atoms with Crippen molar-refractivity contribution in [2.24, 2.45) is 0 Å². The number of nitrogens with one attached hydrogen (secondary N) is 2. The van der Waals surface area contributed by atoms with Crippen molar-refractivity contribution in [3.8, 4) is 0 Å². The Morgan fingerprint density at radius 2 is 2.27 bits per heavy atom. The number of rotatable bonds is 2. The van der Waals surface area contributed by atoms with Gasteiger partial charge < -0.3 is 11.1 Å². The van der Waals surface area contributed by atoms with Crippen molar-refractivity contribution in [1.82, 2.24) is 15.5 Å². The van der Waals surface area contributed by atoms with E-state index >= 15 is 0 Å². The highest BCUT2D eigenvalue weighted by atomic mass is 16.1. The lowest BCUT2D eigenvalue weighted by Crippen LogP contribution is -2.33. The number of aryl methyl sites for hydroxylation is 1. The summed E-state index contributed by atoms with van der Waals surface area (Å²) >= 11 is 0. The molecule has 5 heteroatoms. The molecule has 1 aromatic rings. The molecule has 0 spiro atoms. The second kappa shape index (κ2) is 3.76. The van der Waals surface area contributed by atoms with Gasteiger partial charge in [-0.15, -0.1) is 0 Å². The zero-order valence-corrected chi connectivity index (χ0v) is 8.58. The van der Waals surface area contributed by atoms with E-state index in [2.05, 4.69) is 27.7 Å². The summed E-state index contributed by atoms with van der Waals surface area (Å²) in [6.45, 7) is 1.78. The van der Waals surface area contributed by atoms with E-state index in [1.165, 1.54) is 0 Å². The first-order valence-electron chi connectivity index (χ1n) is 4.95. The van der Waals surface area contributed by atoms with Gasteiger partial charge in [0.15, 0.2) is 5.82 Å². The van der Waals surface area contributed by atoms with Crippen LogP contribution in [-0.4, -0.2) is 22.1 Å². The highest BCUT2D eigenvalue weighted by Crippen LogP contribution is 2.14. The molecule has 0 bridgehead atoms. The van der Waals surface area contributed by atoms with Gasteiger partial charge in [0.25, 0.3) is 5.91 Å². The molecule has 5 nitrogen and oxygen atoms in total. The fraction of sp³-hybridized carbons (Fsp3) is 0.400. The van der Waals surface area contributed by atoms with Crippen molar-refractivity contribution in [2.45, 2.75) is 25.8 Å². The number of aromatic amines is 1. The molecule has 80 valence electrons. The van der Waals surface area contributed by atoms with Gasteiger partial charge in [-0.3, -0.25) is 9.89 Å². The van der Waals surface area contributed by atoms with Crippen molar-refractivity contribution in [1.29, 1.82) is 0 Å². The Morgan fingerprint density at radius 3 is 2.80 bits per heavy atom. The molecule has 0 fully saturated rings. The van der Waals surface area contributed by atoms with Crippen LogP contribution in [0.3, 0.4) is 0 Å². The molecule has 2 rings (SSSR count). The van der Waals surface area contributed by atoms with Crippen molar-refractivity contribution in [3.05, 3.63) is 23.4 Å². The standard InChI is InChI=1S/C10H14N4O/c1-6-8(9(11)14-13-6)10(15)12-7-4-2-3-5-7/h2-3,7H,4-5H2,1H3,(H,12,15)(H3,11,13,14). The van der Waals surface area contributed by atoms with Crippen molar-refractivity contribution in [2.75, 3.05) is 5.73 Å². The van der Waals surface area contributed by atoms with Crippen LogP contribution in [0, 0.1) is 6.92 Å². The van der Waals surface area contributed by atoms with Crippen LogP contribution in [0.25, 0.3) is 0 Å². The Labute approximate surface area is 87.7 Å². The number of amides is 1. The Hall–Kier alpha value is -1.78. The first-order valence-corrected chi connectivity index (χ1v) is 4.95. The number of carbonyl (C=O) groups excluding carboxylic acids is 1. The van der Waals surface area contributed by atoms with E-state index in [4.69, 9.17) is 5.73 Å². The van der Waals surface area contributed by atoms with Crippen LogP contribution in [0.2, 0.25) is 0 Å². The summed E-state index contributed by atoms with van der Waals surface area (Å²) < 4.78 is 0. The Morgan fingerprint density at radius 1 is 1.60 bits per heavy atom. The van der Waals surface area contributed by atoms with Crippen LogP contribution in [0.15, 0.2) is 12.2 Å². The normalized spacial score (nSPS) is 15.8. The molecule has 15 heavy (non-hydrogen) atoms. The number of nitrogens with zero attached hydrogens (tertiary/aromatic N) is 1. The van der Waals surface area contributed by atoms with Gasteiger partial charge in [0.2, 0.25) is 0 Å². The third-order valence-corrected chi connectivity index (χ3v) is 2.55. The smallest absolute Gasteiger partial charge is 0.257 e. The number of nitrogens with two attached hydrogens (primary N) is 1. The molecule has 1 aliphatic carbocycles. The number of carbonyl (C=O) groups is 1. The van der Waals surface area contributed by atoms with E-state index in [1.807, 2.05) is 0 Å². The van der Waals surface area contributed by atoms with Crippen LogP contribution >= 0.6 is 0 Å². The van der Waals surface area contributed by atoms with Crippen LogP contribution in [0.4, 0.5) is 5.82 Å². The highest BCUT2D eigenvalue weighted by molar-refractivity contribution is 5.99. The molecule has 0 saturated carbocycles. The largest absolute Gasteiger partial charge is 0.382 e. The second-order valence-electron chi connectivity index (χ2n) is 3.72. The molecular formula is C10H14N4O. The van der Waals surface area contributed by atoms with E-state index in [9.17, 15) is 4.79 Å². The summed E-state index contributed by atoms with van der Waals surface area (Å²) in [4.78, 5) is 11.8. The minimum Gasteiger partial charge on any atom is -0.382 e. The molecule has 0 atom stereocenters. The van der Waals surface area contributed by atoms with E-state index in [-0.39, 0.29) is 17.8 Å². The molecule has 1 amide bonds. The summed E-state index contributed by atoms with van der Waals surface area (Å²) in [6.07, 6.45) is 5.91. The van der Waals surface area contributed by atoms with E-state index in [1.54, 1.807) is 6.92 Å². The van der Waals surface area contributed by atoms with Gasteiger partial charge in [-0.2, -0.15) is 5.10 Å². The summed E-state index contributed by atoms with van der Waals surface area (Å²) in [5, 5.41) is 9.40. The van der Waals surface area contributed by atoms with Gasteiger partial charge in [0.05, 0.1) is 0 Å². The lowest BCUT2D eigenvalue weighted by Gasteiger charge is -2.11. The number of hydrogen-bond donors (Lipinski definition) is 3. The van der Waals surface area contributed by atoms with Gasteiger partial charge in [0, 0.05) is 11.7 Å². The third kappa shape index (κ3) is 1.86. The maximum Gasteiger partial charge on any atom is 0.257 e. The SMILES string of the molecule is Cc1[nH]nc(N)c1C(=O)NC1CC=CC1. The molecule has 0 radical (unpaired) electrons. The maximum absolute atomic E-state index is 11.8. The van der Waals surface area contributed by atoms with Gasteiger partial charge in [-0.05, 0) is 19.8 Å². The topological polar surface area (TPSA) is 83.8 Å². The summed E-state index contributed by atoms with van der Waals surface area (Å²) in [7, 11) is 0. The highest BCUT2D eigenvalue weighted by Gasteiger charge is 2.19. The van der Waals surface area contributed by atoms with E-state index in [0.29, 0.717) is 11.3 Å². The molecule has 0 aromatic carbocycles. The molecule has 1 aliphatic rings. The van der Waals surface area contributed by atoms with Gasteiger partial charge >= 0.3 is 0 Å². The average Bonchev–Trinajstić information content (AvgIpc) is 2.77. The average molecular weight is 206 g/mol. The van der Waals surface area contributed by atoms with Gasteiger partial charge in [0.1, 0.15) is 5.56 Å². The zero-order chi connectivity index (χ0) is 10.8. The molecular weight excluding hydrogens is 192 g/mol. The molecule has 4 N–H and O–H groups in total. The predicted octanol–water partition coefficient (Wildman–Crippen LogP) is 0.749. The predicted molar refractivity (Wildman–Crippen MR) is 57.4 cm³/mol. The molecule has 0 unspecified atom stereocenters. The summed E-state index contributed by atoms with van der Waals surface area (Å²) in [6, 6.07) is 0.200. The number of nitrogen functional groups attached to an aromatic ring is 1. The van der Waals surface area contributed by atoms with Crippen LogP contribution in [0.1, 0.15) is 28.9 Å². The van der Waals surface area contributed by atoms with E-state index in [0.717, 1.165) is 12.8 Å². The Kier molecular flexibility index (Phi) is 2.45. The number of hydrogen-bond acceptors (Lipinski definition) is 3. The van der Waals surface area contributed by atoms with Gasteiger partial charge in [-0.1, -0.05) is 12.2 Å². The monoisotopic (exact) mass is 206 g/mol. The minimum atomic E-state index is -0.146. The summed E-state index contributed by atoms with van der Waals surface area (Å²) in [5.41, 5.74) is 6.76. The quantitative estimate of drug-likeness (QED) is 0.624. The second-order valence-corrected chi connectivity index (χ2v) is 3.72. The van der Waals surface area contributed by atoms with Crippen molar-refractivity contribution in [3.63, 3.8) is 0 Å². The maximum atomic E-state index is 11.8. The number of aromatic nitrogens is 2. The Bertz CT molecular complexity index is 380. The van der Waals surface area contributed by atoms with Crippen molar-refractivity contribution < 1.29 is 4.79 Å².